The molecule has 1 saturated heterocycles. The summed E-state index contributed by atoms with van der Waals surface area (Å²) < 4.78 is 15.5. The first-order valence-electron chi connectivity index (χ1n) is 10.7. The molecule has 1 aromatic heterocycles. The number of rotatable bonds is 12. The minimum absolute atomic E-state index is 0.0271. The summed E-state index contributed by atoms with van der Waals surface area (Å²) in [5.41, 5.74) is 4.89. The lowest BCUT2D eigenvalue weighted by molar-refractivity contribution is -0.145. The molecule has 2 heterocycles. The van der Waals surface area contributed by atoms with E-state index in [0.717, 1.165) is 32.4 Å². The van der Waals surface area contributed by atoms with Crippen molar-refractivity contribution in [3.05, 3.63) is 27.0 Å². The van der Waals surface area contributed by atoms with Gasteiger partial charge in [-0.3, -0.25) is 14.4 Å². The number of methoxy groups -OCH3 is 2. The number of carbonyl (C=O) groups is 2. The number of esters is 1. The largest absolute Gasteiger partial charge is 0.463 e. The van der Waals surface area contributed by atoms with E-state index in [1.54, 1.807) is 14.2 Å². The van der Waals surface area contributed by atoms with Gasteiger partial charge in [-0.1, -0.05) is 18.0 Å². The molecule has 1 aliphatic rings. The SMILES string of the molecule is COCCOC(=O)CCCCCN1CC[C@@H](NC(=O)c2cc(Cl)c(N)[nH]c2=O)[C@@H](OC)C1. The zero-order valence-corrected chi connectivity index (χ0v) is 19.4. The van der Waals surface area contributed by atoms with Crippen molar-refractivity contribution < 1.29 is 23.8 Å². The Hall–Kier alpha value is -2.14. The van der Waals surface area contributed by atoms with Gasteiger partial charge in [0, 0.05) is 33.7 Å². The molecule has 0 radical (unpaired) electrons. The Labute approximate surface area is 192 Å². The van der Waals surface area contributed by atoms with Crippen molar-refractivity contribution >= 4 is 29.3 Å². The molecule has 0 unspecified atom stereocenters. The maximum atomic E-state index is 12.6. The number of hydrogen-bond donors (Lipinski definition) is 3. The number of nitrogen functional groups attached to an aromatic ring is 1. The van der Waals surface area contributed by atoms with Crippen LogP contribution in [-0.4, -0.2) is 81.0 Å². The maximum absolute atomic E-state index is 12.6. The van der Waals surface area contributed by atoms with Crippen LogP contribution in [0.2, 0.25) is 5.02 Å². The summed E-state index contributed by atoms with van der Waals surface area (Å²) in [4.78, 5) is 40.8. The third kappa shape index (κ3) is 8.09. The number of unbranched alkanes of at least 4 members (excludes halogenated alkanes) is 2. The number of H-pyrrole nitrogens is 1. The van der Waals surface area contributed by atoms with Crippen molar-refractivity contribution in [3.63, 3.8) is 0 Å². The fraction of sp³-hybridized carbons (Fsp3) is 0.667. The fourth-order valence-corrected chi connectivity index (χ4v) is 3.77. The summed E-state index contributed by atoms with van der Waals surface area (Å²) >= 11 is 5.93. The molecule has 32 heavy (non-hydrogen) atoms. The van der Waals surface area contributed by atoms with E-state index in [1.807, 2.05) is 0 Å². The summed E-state index contributed by atoms with van der Waals surface area (Å²) in [5.74, 6) is -0.676. The van der Waals surface area contributed by atoms with E-state index in [9.17, 15) is 14.4 Å². The Kier molecular flexibility index (Phi) is 10.9. The van der Waals surface area contributed by atoms with Gasteiger partial charge in [-0.25, -0.2) is 0 Å². The number of aromatic amines is 1. The van der Waals surface area contributed by atoms with E-state index in [1.165, 1.54) is 6.07 Å². The van der Waals surface area contributed by atoms with E-state index in [4.69, 9.17) is 31.5 Å². The van der Waals surface area contributed by atoms with E-state index in [2.05, 4.69) is 15.2 Å². The quantitative estimate of drug-likeness (QED) is 0.305. The predicted octanol–water partition coefficient (Wildman–Crippen LogP) is 1.18. The molecule has 2 rings (SSSR count). The van der Waals surface area contributed by atoms with Crippen LogP contribution < -0.4 is 16.6 Å². The lowest BCUT2D eigenvalue weighted by Crippen LogP contribution is -2.55. The Morgan fingerprint density at radius 1 is 1.28 bits per heavy atom. The number of aromatic nitrogens is 1. The Morgan fingerprint density at radius 2 is 2.06 bits per heavy atom. The van der Waals surface area contributed by atoms with E-state index >= 15 is 0 Å². The first kappa shape index (κ1) is 26.1. The van der Waals surface area contributed by atoms with Crippen LogP contribution in [0.1, 0.15) is 42.5 Å². The summed E-state index contributed by atoms with van der Waals surface area (Å²) in [6.07, 6.45) is 3.56. The van der Waals surface area contributed by atoms with E-state index in [-0.39, 0.29) is 34.5 Å². The van der Waals surface area contributed by atoms with Gasteiger partial charge < -0.3 is 35.1 Å². The third-order valence-electron chi connectivity index (χ3n) is 5.43. The molecular formula is C21H33ClN4O6. The molecule has 1 fully saturated rings. The first-order valence-corrected chi connectivity index (χ1v) is 11.1. The number of halogens is 1. The van der Waals surface area contributed by atoms with Crippen LogP contribution in [0.15, 0.2) is 10.9 Å². The number of amides is 1. The number of nitrogens with zero attached hydrogens (tertiary/aromatic N) is 1. The molecule has 0 aliphatic carbocycles. The van der Waals surface area contributed by atoms with Crippen LogP contribution in [0, 0.1) is 0 Å². The van der Waals surface area contributed by atoms with Crippen LogP contribution in [0.25, 0.3) is 0 Å². The molecule has 1 aliphatic heterocycles. The zero-order valence-electron chi connectivity index (χ0n) is 18.7. The number of piperidine rings is 1. The topological polar surface area (TPSA) is 136 Å². The molecular weight excluding hydrogens is 440 g/mol. The number of carbonyl (C=O) groups excluding carboxylic acids is 2. The number of likely N-dealkylation sites (tertiary alicyclic amines) is 1. The van der Waals surface area contributed by atoms with Crippen molar-refractivity contribution in [1.82, 2.24) is 15.2 Å². The number of hydrogen-bond acceptors (Lipinski definition) is 8. The van der Waals surface area contributed by atoms with Gasteiger partial charge in [-0.05, 0) is 31.9 Å². The molecule has 1 aromatic rings. The summed E-state index contributed by atoms with van der Waals surface area (Å²) in [6, 6.07) is 1.05. The minimum atomic E-state index is -0.585. The minimum Gasteiger partial charge on any atom is -0.463 e. The Balaban J connectivity index is 1.74. The van der Waals surface area contributed by atoms with Crippen molar-refractivity contribution in [2.75, 3.05) is 52.8 Å². The second-order valence-corrected chi connectivity index (χ2v) is 8.15. The highest BCUT2D eigenvalue weighted by molar-refractivity contribution is 6.33. The molecule has 180 valence electrons. The van der Waals surface area contributed by atoms with E-state index in [0.29, 0.717) is 32.6 Å². The smallest absolute Gasteiger partial charge is 0.305 e. The van der Waals surface area contributed by atoms with Crippen LogP contribution in [0.4, 0.5) is 5.82 Å². The highest BCUT2D eigenvalue weighted by Gasteiger charge is 2.31. The van der Waals surface area contributed by atoms with Crippen molar-refractivity contribution in [1.29, 1.82) is 0 Å². The number of ether oxygens (including phenoxy) is 3. The molecule has 2 atom stereocenters. The monoisotopic (exact) mass is 472 g/mol. The van der Waals surface area contributed by atoms with Gasteiger partial charge in [0.1, 0.15) is 18.0 Å². The van der Waals surface area contributed by atoms with Crippen LogP contribution >= 0.6 is 11.6 Å². The van der Waals surface area contributed by atoms with Gasteiger partial charge in [0.05, 0.1) is 23.8 Å². The first-order chi connectivity index (χ1) is 15.3. The normalized spacial score (nSPS) is 19.0. The molecule has 11 heteroatoms. The van der Waals surface area contributed by atoms with Crippen LogP contribution in [0.3, 0.4) is 0 Å². The number of nitrogens with one attached hydrogen (secondary N) is 2. The molecule has 4 N–H and O–H groups in total. The fourth-order valence-electron chi connectivity index (χ4n) is 3.61. The van der Waals surface area contributed by atoms with Crippen molar-refractivity contribution in [3.8, 4) is 0 Å². The summed E-state index contributed by atoms with van der Waals surface area (Å²) in [7, 11) is 3.17. The highest BCUT2D eigenvalue weighted by Crippen LogP contribution is 2.17. The second kappa shape index (κ2) is 13.4. The van der Waals surface area contributed by atoms with Crippen LogP contribution in [0.5, 0.6) is 0 Å². The molecule has 0 spiro atoms. The highest BCUT2D eigenvalue weighted by atomic mass is 35.5. The molecule has 0 bridgehead atoms. The van der Waals surface area contributed by atoms with E-state index < -0.39 is 11.5 Å². The molecule has 0 aromatic carbocycles. The average Bonchev–Trinajstić information content (AvgIpc) is 2.76. The van der Waals surface area contributed by atoms with Gasteiger partial charge in [0.2, 0.25) is 0 Å². The maximum Gasteiger partial charge on any atom is 0.305 e. The Morgan fingerprint density at radius 3 is 2.78 bits per heavy atom. The number of pyridine rings is 1. The second-order valence-electron chi connectivity index (χ2n) is 7.74. The summed E-state index contributed by atoms with van der Waals surface area (Å²) in [6.45, 7) is 3.04. The number of anilines is 1. The Bertz CT molecular complexity index is 818. The third-order valence-corrected chi connectivity index (χ3v) is 5.75. The van der Waals surface area contributed by atoms with Gasteiger partial charge in [0.25, 0.3) is 11.5 Å². The number of nitrogens with two attached hydrogens (primary N) is 1. The predicted molar refractivity (Wildman–Crippen MR) is 121 cm³/mol. The van der Waals surface area contributed by atoms with Crippen LogP contribution in [-0.2, 0) is 19.0 Å². The molecule has 1 amide bonds. The summed E-state index contributed by atoms with van der Waals surface area (Å²) in [5, 5.41) is 3.01. The van der Waals surface area contributed by atoms with Crippen molar-refractivity contribution in [2.45, 2.75) is 44.2 Å². The average molecular weight is 473 g/mol. The van der Waals surface area contributed by atoms with Gasteiger partial charge in [0.15, 0.2) is 0 Å². The molecule has 10 nitrogen and oxygen atoms in total. The molecule has 0 saturated carbocycles. The van der Waals surface area contributed by atoms with Gasteiger partial charge in [-0.15, -0.1) is 0 Å². The lowest BCUT2D eigenvalue weighted by atomic mass is 10.0. The van der Waals surface area contributed by atoms with Crippen molar-refractivity contribution in [2.24, 2.45) is 0 Å². The lowest BCUT2D eigenvalue weighted by Gasteiger charge is -2.38. The van der Waals surface area contributed by atoms with Gasteiger partial charge >= 0.3 is 5.97 Å². The standard InChI is InChI=1S/C21H33ClN4O6/c1-30-10-11-32-18(27)6-4-3-5-8-26-9-7-16(17(13-26)31-2)24-20(28)14-12-15(22)19(23)25-21(14)29/h12,16-17H,3-11,13H2,1-2H3,(H,24,28)(H3,23,25,29)/t16-,17+/m1/s1. The zero-order chi connectivity index (χ0) is 23.5. The van der Waals surface area contributed by atoms with Gasteiger partial charge in [-0.2, -0.15) is 0 Å².